The number of hydrogen-bond acceptors (Lipinski definition) is 4. The molecule has 6 nitrogen and oxygen atoms in total. The molecule has 1 atom stereocenters. The smallest absolute Gasteiger partial charge is 0.329 e. The average Bonchev–Trinajstić information content (AvgIpc) is 3.07. The van der Waals surface area contributed by atoms with Crippen LogP contribution in [0.3, 0.4) is 0 Å². The van der Waals surface area contributed by atoms with E-state index in [9.17, 15) is 14.7 Å². The Kier molecular flexibility index (Phi) is 6.28. The second-order valence-corrected chi connectivity index (χ2v) is 6.73. The minimum Gasteiger partial charge on any atom is -0.493 e. The van der Waals surface area contributed by atoms with Gasteiger partial charge in [-0.15, -0.1) is 0 Å². The lowest BCUT2D eigenvalue weighted by Gasteiger charge is -2.26. The van der Waals surface area contributed by atoms with E-state index in [2.05, 4.69) is 5.32 Å². The number of methoxy groups -OCH3 is 1. The lowest BCUT2D eigenvalue weighted by atomic mass is 9.95. The number of aliphatic carboxylic acids is 1. The predicted molar refractivity (Wildman–Crippen MR) is 94.3 cm³/mol. The summed E-state index contributed by atoms with van der Waals surface area (Å²) in [5.41, 5.74) is -0.935. The van der Waals surface area contributed by atoms with Crippen LogP contribution < -0.4 is 14.8 Å². The monoisotopic (exact) mass is 349 g/mol. The highest BCUT2D eigenvalue weighted by Crippen LogP contribution is 2.32. The molecule has 1 amide bonds. The van der Waals surface area contributed by atoms with E-state index < -0.39 is 17.4 Å². The molecule has 1 aliphatic carbocycles. The third kappa shape index (κ3) is 4.65. The lowest BCUT2D eigenvalue weighted by Crippen LogP contribution is -2.52. The van der Waals surface area contributed by atoms with Gasteiger partial charge in [0.1, 0.15) is 5.54 Å². The van der Waals surface area contributed by atoms with E-state index in [1.807, 2.05) is 6.92 Å². The predicted octanol–water partition coefficient (Wildman–Crippen LogP) is 3.39. The molecule has 2 rings (SSSR count). The lowest BCUT2D eigenvalue weighted by molar-refractivity contribution is -0.144. The van der Waals surface area contributed by atoms with E-state index in [1.165, 1.54) is 6.92 Å². The number of nitrogens with one attached hydrogen (secondary N) is 1. The van der Waals surface area contributed by atoms with Gasteiger partial charge in [-0.25, -0.2) is 4.79 Å². The number of carboxylic acids is 1. The zero-order chi connectivity index (χ0) is 18.4. The molecule has 1 aromatic rings. The summed E-state index contributed by atoms with van der Waals surface area (Å²) >= 11 is 0. The van der Waals surface area contributed by atoms with E-state index in [0.717, 1.165) is 25.7 Å². The summed E-state index contributed by atoms with van der Waals surface area (Å²) in [6, 6.07) is 4.92. The Labute approximate surface area is 148 Å². The van der Waals surface area contributed by atoms with E-state index in [0.29, 0.717) is 29.9 Å². The van der Waals surface area contributed by atoms with Crippen molar-refractivity contribution in [2.24, 2.45) is 0 Å². The quantitative estimate of drug-likeness (QED) is 0.751. The van der Waals surface area contributed by atoms with Crippen molar-refractivity contribution in [2.45, 2.75) is 64.0 Å². The van der Waals surface area contributed by atoms with Crippen molar-refractivity contribution in [1.29, 1.82) is 0 Å². The number of carboxylic acid groups (broad SMARTS) is 1. The first-order chi connectivity index (χ1) is 11.9. The summed E-state index contributed by atoms with van der Waals surface area (Å²) in [6.45, 7) is 3.41. The first kappa shape index (κ1) is 19.1. The summed E-state index contributed by atoms with van der Waals surface area (Å²) in [5, 5.41) is 12.1. The molecule has 138 valence electrons. The largest absolute Gasteiger partial charge is 0.493 e. The normalized spacial score (nSPS) is 16.9. The molecule has 2 N–H and O–H groups in total. The van der Waals surface area contributed by atoms with Crippen molar-refractivity contribution < 1.29 is 24.2 Å². The van der Waals surface area contributed by atoms with Crippen molar-refractivity contribution in [3.05, 3.63) is 23.8 Å². The molecule has 1 unspecified atom stereocenters. The van der Waals surface area contributed by atoms with Crippen LogP contribution in [0.25, 0.3) is 0 Å². The minimum absolute atomic E-state index is 0.136. The number of carbonyl (C=O) groups is 2. The van der Waals surface area contributed by atoms with Crippen LogP contribution in [-0.4, -0.2) is 35.7 Å². The van der Waals surface area contributed by atoms with E-state index in [-0.39, 0.29) is 6.10 Å². The zero-order valence-electron chi connectivity index (χ0n) is 15.1. The van der Waals surface area contributed by atoms with Gasteiger partial charge in [0.25, 0.3) is 5.91 Å². The third-order valence-electron chi connectivity index (χ3n) is 4.63. The fourth-order valence-electron chi connectivity index (χ4n) is 3.14. The van der Waals surface area contributed by atoms with Crippen molar-refractivity contribution >= 4 is 11.9 Å². The molecule has 25 heavy (non-hydrogen) atoms. The Hall–Kier alpha value is -2.24. The van der Waals surface area contributed by atoms with Crippen molar-refractivity contribution in [3.63, 3.8) is 0 Å². The third-order valence-corrected chi connectivity index (χ3v) is 4.63. The zero-order valence-corrected chi connectivity index (χ0v) is 15.1. The number of hydrogen-bond donors (Lipinski definition) is 2. The van der Waals surface area contributed by atoms with Gasteiger partial charge in [0.2, 0.25) is 0 Å². The number of rotatable bonds is 8. The highest BCUT2D eigenvalue weighted by molar-refractivity contribution is 5.98. The van der Waals surface area contributed by atoms with Gasteiger partial charge in [-0.05, 0) is 57.2 Å². The summed E-state index contributed by atoms with van der Waals surface area (Å²) in [5.74, 6) is -0.386. The molecule has 6 heteroatoms. The fraction of sp³-hybridized carbons (Fsp3) is 0.579. The van der Waals surface area contributed by atoms with Crippen LogP contribution in [-0.2, 0) is 4.79 Å². The highest BCUT2D eigenvalue weighted by atomic mass is 16.5. The second kappa shape index (κ2) is 8.23. The summed E-state index contributed by atoms with van der Waals surface area (Å²) < 4.78 is 11.3. The molecule has 0 heterocycles. The standard InChI is InChI=1S/C19H27NO5/c1-4-11-19(2,18(22)23)20-17(21)13-9-10-15(24-3)16(12-13)25-14-7-5-6-8-14/h9-10,12,14H,4-8,11H2,1-3H3,(H,20,21)(H,22,23). The molecule has 0 aromatic heterocycles. The maximum Gasteiger partial charge on any atom is 0.329 e. The Balaban J connectivity index is 2.19. The molecule has 0 aliphatic heterocycles. The van der Waals surface area contributed by atoms with Gasteiger partial charge in [0.15, 0.2) is 11.5 Å². The molecule has 0 bridgehead atoms. The molecule has 0 spiro atoms. The van der Waals surface area contributed by atoms with Crippen molar-refractivity contribution in [1.82, 2.24) is 5.32 Å². The average molecular weight is 349 g/mol. The minimum atomic E-state index is -1.29. The van der Waals surface area contributed by atoms with Crippen LogP contribution in [0, 0.1) is 0 Å². The molecule has 0 radical (unpaired) electrons. The SMILES string of the molecule is CCCC(C)(NC(=O)c1ccc(OC)c(OC2CCCC2)c1)C(=O)O. The van der Waals surface area contributed by atoms with Crippen LogP contribution in [0.2, 0.25) is 0 Å². The first-order valence-corrected chi connectivity index (χ1v) is 8.80. The van der Waals surface area contributed by atoms with Gasteiger partial charge >= 0.3 is 5.97 Å². The second-order valence-electron chi connectivity index (χ2n) is 6.73. The van der Waals surface area contributed by atoms with E-state index in [1.54, 1.807) is 25.3 Å². The van der Waals surface area contributed by atoms with Gasteiger partial charge in [-0.1, -0.05) is 13.3 Å². The maximum atomic E-state index is 12.6. The Morgan fingerprint density at radius 3 is 2.52 bits per heavy atom. The summed E-state index contributed by atoms with van der Waals surface area (Å²) in [6.07, 6.45) is 5.41. The van der Waals surface area contributed by atoms with Crippen LogP contribution >= 0.6 is 0 Å². The molecule has 1 saturated carbocycles. The van der Waals surface area contributed by atoms with Crippen molar-refractivity contribution in [2.75, 3.05) is 7.11 Å². The molecular formula is C19H27NO5. The Bertz CT molecular complexity index is 624. The Morgan fingerprint density at radius 2 is 1.96 bits per heavy atom. The van der Waals surface area contributed by atoms with Crippen LogP contribution in [0.1, 0.15) is 62.7 Å². The number of ether oxygens (including phenoxy) is 2. The molecular weight excluding hydrogens is 322 g/mol. The number of benzene rings is 1. The summed E-state index contributed by atoms with van der Waals surface area (Å²) in [4.78, 5) is 24.1. The van der Waals surface area contributed by atoms with Gasteiger partial charge in [0, 0.05) is 5.56 Å². The maximum absolute atomic E-state index is 12.6. The van der Waals surface area contributed by atoms with Gasteiger partial charge in [0.05, 0.1) is 13.2 Å². The topological polar surface area (TPSA) is 84.9 Å². The van der Waals surface area contributed by atoms with E-state index >= 15 is 0 Å². The summed E-state index contributed by atoms with van der Waals surface area (Å²) in [7, 11) is 1.55. The fourth-order valence-corrected chi connectivity index (χ4v) is 3.14. The van der Waals surface area contributed by atoms with Crippen molar-refractivity contribution in [3.8, 4) is 11.5 Å². The van der Waals surface area contributed by atoms with Gasteiger partial charge < -0.3 is 19.9 Å². The van der Waals surface area contributed by atoms with E-state index in [4.69, 9.17) is 9.47 Å². The van der Waals surface area contributed by atoms with Gasteiger partial charge in [-0.3, -0.25) is 4.79 Å². The van der Waals surface area contributed by atoms with Crippen LogP contribution in [0.15, 0.2) is 18.2 Å². The number of carbonyl (C=O) groups excluding carboxylic acids is 1. The number of amides is 1. The molecule has 1 fully saturated rings. The highest BCUT2D eigenvalue weighted by Gasteiger charge is 2.34. The molecule has 1 aliphatic rings. The first-order valence-electron chi connectivity index (χ1n) is 8.80. The molecule has 0 saturated heterocycles. The van der Waals surface area contributed by atoms with Gasteiger partial charge in [-0.2, -0.15) is 0 Å². The van der Waals surface area contributed by atoms with Crippen LogP contribution in [0.5, 0.6) is 11.5 Å². The molecule has 1 aromatic carbocycles. The Morgan fingerprint density at radius 1 is 1.28 bits per heavy atom. The van der Waals surface area contributed by atoms with Crippen LogP contribution in [0.4, 0.5) is 0 Å².